The smallest absolute Gasteiger partial charge is 0.252 e. The molecule has 2 aromatic rings. The maximum atomic E-state index is 12.1. The van der Waals surface area contributed by atoms with Gasteiger partial charge < -0.3 is 14.8 Å². The lowest BCUT2D eigenvalue weighted by Crippen LogP contribution is -2.38. The Hall–Kier alpha value is -1.59. The van der Waals surface area contributed by atoms with Crippen LogP contribution in [0.25, 0.3) is 0 Å². The topological polar surface area (TPSA) is 62.5 Å². The van der Waals surface area contributed by atoms with E-state index in [4.69, 9.17) is 4.42 Å². The van der Waals surface area contributed by atoms with Gasteiger partial charge in [-0.25, -0.2) is 0 Å². The van der Waals surface area contributed by atoms with Crippen LogP contribution < -0.4 is 5.32 Å². The molecule has 0 aliphatic rings. The van der Waals surface area contributed by atoms with E-state index in [-0.39, 0.29) is 12.5 Å². The molecule has 4 nitrogen and oxygen atoms in total. The minimum Gasteiger partial charge on any atom is -0.463 e. The molecule has 2 N–H and O–H groups in total. The fraction of sp³-hybridized carbons (Fsp3) is 0.267. The summed E-state index contributed by atoms with van der Waals surface area (Å²) in [6.07, 6.45) is 0. The molecule has 106 valence electrons. The minimum absolute atomic E-state index is 0.0696. The van der Waals surface area contributed by atoms with E-state index < -0.39 is 5.60 Å². The average molecular weight is 338 g/mol. The van der Waals surface area contributed by atoms with Crippen molar-refractivity contribution < 1.29 is 14.3 Å². The summed E-state index contributed by atoms with van der Waals surface area (Å²) in [5.74, 6) is 0.904. The normalized spacial score (nSPS) is 13.8. The molecule has 1 amide bonds. The van der Waals surface area contributed by atoms with Gasteiger partial charge >= 0.3 is 0 Å². The van der Waals surface area contributed by atoms with Gasteiger partial charge in [-0.05, 0) is 54.0 Å². The number of halogens is 1. The van der Waals surface area contributed by atoms with Crippen molar-refractivity contribution in [2.45, 2.75) is 19.4 Å². The Balaban J connectivity index is 2.05. The third kappa shape index (κ3) is 3.29. The molecule has 0 radical (unpaired) electrons. The Morgan fingerprint density at radius 2 is 2.05 bits per heavy atom. The molecule has 0 bridgehead atoms. The van der Waals surface area contributed by atoms with E-state index in [2.05, 4.69) is 21.2 Å². The van der Waals surface area contributed by atoms with Gasteiger partial charge in [0.1, 0.15) is 17.1 Å². The first-order valence-electron chi connectivity index (χ1n) is 6.22. The van der Waals surface area contributed by atoms with Crippen molar-refractivity contribution in [2.75, 3.05) is 6.54 Å². The van der Waals surface area contributed by atoms with Crippen LogP contribution >= 0.6 is 15.9 Å². The molecule has 0 fully saturated rings. The summed E-state index contributed by atoms with van der Waals surface area (Å²) >= 11 is 3.32. The maximum Gasteiger partial charge on any atom is 0.252 e. The van der Waals surface area contributed by atoms with Crippen molar-refractivity contribution >= 4 is 21.8 Å². The van der Waals surface area contributed by atoms with Gasteiger partial charge in [0.2, 0.25) is 0 Å². The zero-order valence-corrected chi connectivity index (χ0v) is 12.9. The summed E-state index contributed by atoms with van der Waals surface area (Å²) in [4.78, 5) is 12.1. The van der Waals surface area contributed by atoms with E-state index in [1.165, 1.54) is 0 Å². The van der Waals surface area contributed by atoms with E-state index in [9.17, 15) is 9.90 Å². The third-order valence-corrected chi connectivity index (χ3v) is 3.67. The minimum atomic E-state index is -1.24. The van der Waals surface area contributed by atoms with Crippen LogP contribution in [0.3, 0.4) is 0 Å². The predicted molar refractivity (Wildman–Crippen MR) is 79.5 cm³/mol. The number of furan rings is 1. The number of carbonyl (C=O) groups is 1. The lowest BCUT2D eigenvalue weighted by atomic mass is 10.0. The molecule has 20 heavy (non-hydrogen) atoms. The molecule has 0 spiro atoms. The van der Waals surface area contributed by atoms with Crippen LogP contribution in [-0.2, 0) is 5.60 Å². The van der Waals surface area contributed by atoms with Gasteiger partial charge in [0.15, 0.2) is 0 Å². The number of aryl methyl sites for hydroxylation is 1. The average Bonchev–Trinajstić information content (AvgIpc) is 2.84. The molecule has 1 atom stereocenters. The van der Waals surface area contributed by atoms with Crippen LogP contribution in [0.4, 0.5) is 0 Å². The van der Waals surface area contributed by atoms with Gasteiger partial charge in [-0.3, -0.25) is 4.79 Å². The number of carbonyl (C=O) groups excluding carboxylic acids is 1. The van der Waals surface area contributed by atoms with E-state index in [0.717, 1.165) is 5.76 Å². The molecule has 5 heteroatoms. The molecule has 0 saturated heterocycles. The zero-order valence-electron chi connectivity index (χ0n) is 11.3. The summed E-state index contributed by atoms with van der Waals surface area (Å²) in [6, 6.07) is 10.6. The standard InChI is InChI=1S/C15H16BrNO3/c1-10-7-8-13(20-10)15(2,19)9-17-14(18)11-5-3-4-6-12(11)16/h3-8,19H,9H2,1-2H3,(H,17,18). The highest BCUT2D eigenvalue weighted by atomic mass is 79.9. The van der Waals surface area contributed by atoms with E-state index >= 15 is 0 Å². The van der Waals surface area contributed by atoms with Crippen molar-refractivity contribution in [1.29, 1.82) is 0 Å². The number of nitrogens with one attached hydrogen (secondary N) is 1. The number of aliphatic hydroxyl groups is 1. The van der Waals surface area contributed by atoms with Crippen LogP contribution in [0, 0.1) is 6.92 Å². The first-order chi connectivity index (χ1) is 9.40. The Kier molecular flexibility index (Phi) is 4.30. The highest BCUT2D eigenvalue weighted by Gasteiger charge is 2.27. The largest absolute Gasteiger partial charge is 0.463 e. The van der Waals surface area contributed by atoms with Crippen molar-refractivity contribution in [3.05, 3.63) is 58.0 Å². The molecule has 0 saturated carbocycles. The lowest BCUT2D eigenvalue weighted by Gasteiger charge is -2.21. The second kappa shape index (κ2) is 5.81. The van der Waals surface area contributed by atoms with Gasteiger partial charge in [0.25, 0.3) is 5.91 Å². The van der Waals surface area contributed by atoms with Crippen molar-refractivity contribution in [2.24, 2.45) is 0 Å². The van der Waals surface area contributed by atoms with E-state index in [1.807, 2.05) is 6.07 Å². The first-order valence-corrected chi connectivity index (χ1v) is 7.01. The molecular formula is C15H16BrNO3. The SMILES string of the molecule is Cc1ccc(C(C)(O)CNC(=O)c2ccccc2Br)o1. The summed E-state index contributed by atoms with van der Waals surface area (Å²) in [7, 11) is 0. The van der Waals surface area contributed by atoms with Crippen LogP contribution in [0.5, 0.6) is 0 Å². The van der Waals surface area contributed by atoms with Crippen LogP contribution in [0.2, 0.25) is 0 Å². The number of hydrogen-bond donors (Lipinski definition) is 2. The second-order valence-corrected chi connectivity index (χ2v) is 5.70. The molecule has 0 aliphatic carbocycles. The second-order valence-electron chi connectivity index (χ2n) is 4.85. The first kappa shape index (κ1) is 14.8. The Morgan fingerprint density at radius 1 is 1.35 bits per heavy atom. The van der Waals surface area contributed by atoms with Crippen LogP contribution in [0.1, 0.15) is 28.8 Å². The summed E-state index contributed by atoms with van der Waals surface area (Å²) in [5, 5.41) is 13.1. The van der Waals surface area contributed by atoms with Crippen molar-refractivity contribution in [1.82, 2.24) is 5.32 Å². The quantitative estimate of drug-likeness (QED) is 0.901. The van der Waals surface area contributed by atoms with Crippen LogP contribution in [-0.4, -0.2) is 17.6 Å². The Labute approximate surface area is 125 Å². The fourth-order valence-electron chi connectivity index (χ4n) is 1.80. The van der Waals surface area contributed by atoms with E-state index in [1.54, 1.807) is 44.2 Å². The molecule has 1 aromatic carbocycles. The van der Waals surface area contributed by atoms with Crippen LogP contribution in [0.15, 0.2) is 45.3 Å². The monoisotopic (exact) mass is 337 g/mol. The number of rotatable bonds is 4. The Morgan fingerprint density at radius 3 is 2.65 bits per heavy atom. The van der Waals surface area contributed by atoms with Gasteiger partial charge in [0, 0.05) is 4.47 Å². The van der Waals surface area contributed by atoms with Gasteiger partial charge in [-0.15, -0.1) is 0 Å². The summed E-state index contributed by atoms with van der Waals surface area (Å²) in [6.45, 7) is 3.48. The molecular weight excluding hydrogens is 322 g/mol. The molecule has 1 heterocycles. The van der Waals surface area contributed by atoms with Crippen molar-refractivity contribution in [3.63, 3.8) is 0 Å². The summed E-state index contributed by atoms with van der Waals surface area (Å²) < 4.78 is 6.11. The van der Waals surface area contributed by atoms with Gasteiger partial charge in [-0.1, -0.05) is 12.1 Å². The lowest BCUT2D eigenvalue weighted by molar-refractivity contribution is 0.0323. The molecule has 0 aliphatic heterocycles. The predicted octanol–water partition coefficient (Wildman–Crippen LogP) is 2.99. The van der Waals surface area contributed by atoms with Crippen molar-refractivity contribution in [3.8, 4) is 0 Å². The highest BCUT2D eigenvalue weighted by molar-refractivity contribution is 9.10. The van der Waals surface area contributed by atoms with E-state index in [0.29, 0.717) is 15.8 Å². The third-order valence-electron chi connectivity index (χ3n) is 2.98. The number of amides is 1. The molecule has 1 unspecified atom stereocenters. The number of benzene rings is 1. The van der Waals surface area contributed by atoms with Gasteiger partial charge in [0.05, 0.1) is 12.1 Å². The molecule has 2 rings (SSSR count). The molecule has 1 aromatic heterocycles. The van der Waals surface area contributed by atoms with Gasteiger partial charge in [-0.2, -0.15) is 0 Å². The summed E-state index contributed by atoms with van der Waals surface area (Å²) in [5.41, 5.74) is -0.718. The Bertz CT molecular complexity index is 619. The zero-order chi connectivity index (χ0) is 14.8. The number of hydrogen-bond acceptors (Lipinski definition) is 3. The maximum absolute atomic E-state index is 12.1. The highest BCUT2D eigenvalue weighted by Crippen LogP contribution is 2.22. The fourth-order valence-corrected chi connectivity index (χ4v) is 2.27.